The van der Waals surface area contributed by atoms with Gasteiger partial charge in [-0.1, -0.05) is 53.5 Å². The van der Waals surface area contributed by atoms with Crippen molar-refractivity contribution in [2.24, 2.45) is 7.05 Å². The van der Waals surface area contributed by atoms with Crippen LogP contribution in [0.25, 0.3) is 38.7 Å². The van der Waals surface area contributed by atoms with E-state index in [0.29, 0.717) is 49.1 Å². The molecule has 4 aromatic carbocycles. The summed E-state index contributed by atoms with van der Waals surface area (Å²) in [4.78, 5) is 40.0. The number of benzene rings is 4. The first-order chi connectivity index (χ1) is 21.4. The summed E-state index contributed by atoms with van der Waals surface area (Å²) < 4.78 is 25.9. The molecule has 0 radical (unpaired) electrons. The molecule has 0 saturated carbocycles. The van der Waals surface area contributed by atoms with Crippen LogP contribution in [0.4, 0.5) is 0 Å². The third kappa shape index (κ3) is 5.38. The molecule has 0 saturated heterocycles. The van der Waals surface area contributed by atoms with Gasteiger partial charge in [0.15, 0.2) is 12.2 Å². The molecule has 0 bridgehead atoms. The lowest BCUT2D eigenvalue weighted by Gasteiger charge is -2.43. The number of methoxy groups -OCH3 is 1. The Labute approximate surface area is 268 Å². The van der Waals surface area contributed by atoms with Crippen molar-refractivity contribution >= 4 is 73.8 Å². The van der Waals surface area contributed by atoms with Crippen LogP contribution in [0.1, 0.15) is 38.0 Å². The molecule has 10 heteroatoms. The molecule has 0 unspecified atom stereocenters. The highest BCUT2D eigenvalue weighted by atomic mass is 35.5. The van der Waals surface area contributed by atoms with Gasteiger partial charge in [-0.15, -0.1) is 0 Å². The molecule has 0 spiro atoms. The molecule has 1 aliphatic rings. The molecule has 45 heavy (non-hydrogen) atoms. The Bertz CT molecular complexity index is 2130. The summed E-state index contributed by atoms with van der Waals surface area (Å²) >= 11 is 12.3. The average Bonchev–Trinajstić information content (AvgIpc) is 2.99. The number of aryl methyl sites for hydroxylation is 1. The van der Waals surface area contributed by atoms with Crippen molar-refractivity contribution in [2.45, 2.75) is 38.6 Å². The first-order valence-corrected chi connectivity index (χ1v) is 14.9. The van der Waals surface area contributed by atoms with Crippen molar-refractivity contribution in [3.8, 4) is 11.5 Å². The van der Waals surface area contributed by atoms with E-state index in [9.17, 15) is 14.4 Å². The Hall–Kier alpha value is -4.53. The second kappa shape index (κ2) is 11.4. The van der Waals surface area contributed by atoms with Crippen LogP contribution in [-0.2, 0) is 26.1 Å². The molecule has 0 amide bonds. The number of rotatable bonds is 5. The van der Waals surface area contributed by atoms with Crippen molar-refractivity contribution in [3.63, 3.8) is 0 Å². The van der Waals surface area contributed by atoms with Gasteiger partial charge >= 0.3 is 11.9 Å². The van der Waals surface area contributed by atoms with Gasteiger partial charge in [-0.25, -0.2) is 4.79 Å². The standard InChI is InChI=1S/C35H29Cl2NO7/c1-18(39)43-33-30-27(45-35(2,3)34(33)44-28(40)13-11-19-10-12-22(36)16-24(19)37)17-26(42-5)29-31(30)38(4)25-15-21-9-7-6-8-20(21)14-23(25)32(29)41/h6-17,33-34H,1-5H3/t33-,34-/m0/s1. The van der Waals surface area contributed by atoms with E-state index in [2.05, 4.69) is 0 Å². The fourth-order valence-corrected chi connectivity index (χ4v) is 6.46. The molecule has 0 fully saturated rings. The van der Waals surface area contributed by atoms with Crippen molar-refractivity contribution < 1.29 is 28.5 Å². The Balaban J connectivity index is 1.56. The molecule has 2 heterocycles. The number of hydrogen-bond donors (Lipinski definition) is 0. The summed E-state index contributed by atoms with van der Waals surface area (Å²) in [6.07, 6.45) is 0.499. The molecule has 0 aliphatic carbocycles. The molecule has 5 aromatic rings. The molecule has 2 atom stereocenters. The predicted octanol–water partition coefficient (Wildman–Crippen LogP) is 7.56. The number of fused-ring (bicyclic) bond motifs is 5. The van der Waals surface area contributed by atoms with Crippen LogP contribution in [0.2, 0.25) is 10.0 Å². The first-order valence-electron chi connectivity index (χ1n) is 14.2. The Kier molecular flexibility index (Phi) is 7.75. The minimum Gasteiger partial charge on any atom is -0.496 e. The van der Waals surface area contributed by atoms with Gasteiger partial charge in [-0.2, -0.15) is 0 Å². The van der Waals surface area contributed by atoms with Crippen LogP contribution in [0, 0.1) is 0 Å². The number of nitrogens with zero attached hydrogens (tertiary/aromatic N) is 1. The summed E-state index contributed by atoms with van der Waals surface area (Å²) in [6.45, 7) is 4.73. The van der Waals surface area contributed by atoms with E-state index >= 15 is 0 Å². The van der Waals surface area contributed by atoms with Gasteiger partial charge in [0.1, 0.15) is 17.1 Å². The molecule has 0 N–H and O–H groups in total. The Morgan fingerprint density at radius 1 is 1.00 bits per heavy atom. The van der Waals surface area contributed by atoms with E-state index < -0.39 is 29.7 Å². The average molecular weight is 647 g/mol. The quantitative estimate of drug-likeness (QED) is 0.111. The highest BCUT2D eigenvalue weighted by molar-refractivity contribution is 6.35. The normalized spacial score (nSPS) is 17.3. The van der Waals surface area contributed by atoms with Gasteiger partial charge < -0.3 is 23.5 Å². The lowest BCUT2D eigenvalue weighted by molar-refractivity contribution is -0.185. The van der Waals surface area contributed by atoms with Crippen LogP contribution >= 0.6 is 23.2 Å². The minimum atomic E-state index is -1.17. The third-order valence-electron chi connectivity index (χ3n) is 8.03. The smallest absolute Gasteiger partial charge is 0.331 e. The number of ether oxygens (including phenoxy) is 4. The lowest BCUT2D eigenvalue weighted by Crippen LogP contribution is -2.52. The van der Waals surface area contributed by atoms with Gasteiger partial charge in [0.05, 0.1) is 29.1 Å². The van der Waals surface area contributed by atoms with E-state index in [1.165, 1.54) is 26.2 Å². The van der Waals surface area contributed by atoms with Gasteiger partial charge in [-0.3, -0.25) is 9.59 Å². The highest BCUT2D eigenvalue weighted by Crippen LogP contribution is 2.49. The zero-order valence-corrected chi connectivity index (χ0v) is 26.7. The van der Waals surface area contributed by atoms with Gasteiger partial charge in [0.2, 0.25) is 5.43 Å². The number of hydrogen-bond acceptors (Lipinski definition) is 7. The van der Waals surface area contributed by atoms with Crippen LogP contribution in [-0.4, -0.2) is 35.3 Å². The lowest BCUT2D eigenvalue weighted by atomic mass is 9.86. The monoisotopic (exact) mass is 645 g/mol. The summed E-state index contributed by atoms with van der Waals surface area (Å²) in [5.74, 6) is -0.683. The summed E-state index contributed by atoms with van der Waals surface area (Å²) in [7, 11) is 3.30. The summed E-state index contributed by atoms with van der Waals surface area (Å²) in [6, 6.07) is 18.1. The van der Waals surface area contributed by atoms with Crippen LogP contribution in [0.5, 0.6) is 11.5 Å². The second-order valence-corrected chi connectivity index (χ2v) is 12.3. The summed E-state index contributed by atoms with van der Waals surface area (Å²) in [5, 5.41) is 3.47. The molecular weight excluding hydrogens is 617 g/mol. The Morgan fingerprint density at radius 2 is 1.71 bits per heavy atom. The summed E-state index contributed by atoms with van der Waals surface area (Å²) in [5.41, 5.74) is 0.613. The minimum absolute atomic E-state index is 0.258. The SMILES string of the molecule is COc1cc2c(c3c1c(=O)c1cc4ccccc4cc1n3C)[C@H](OC(C)=O)[C@H](OC(=O)C=Cc1ccc(Cl)cc1Cl)C(C)(C)O2. The topological polar surface area (TPSA) is 93.1 Å². The molecule has 6 rings (SSSR count). The number of esters is 2. The van der Waals surface area contributed by atoms with Crippen molar-refractivity contribution in [1.82, 2.24) is 4.57 Å². The Morgan fingerprint density at radius 3 is 2.38 bits per heavy atom. The number of halogens is 2. The van der Waals surface area contributed by atoms with Crippen molar-refractivity contribution in [2.75, 3.05) is 7.11 Å². The zero-order valence-electron chi connectivity index (χ0n) is 25.1. The van der Waals surface area contributed by atoms with Gasteiger partial charge in [-0.05, 0) is 60.5 Å². The maximum absolute atomic E-state index is 14.2. The largest absolute Gasteiger partial charge is 0.496 e. The van der Waals surface area contributed by atoms with Crippen LogP contribution in [0.3, 0.4) is 0 Å². The van der Waals surface area contributed by atoms with E-state index in [4.69, 9.17) is 42.1 Å². The fraction of sp³-hybridized carbons (Fsp3) is 0.229. The maximum Gasteiger partial charge on any atom is 0.331 e. The van der Waals surface area contributed by atoms with E-state index in [0.717, 1.165) is 10.8 Å². The highest BCUT2D eigenvalue weighted by Gasteiger charge is 2.50. The first kappa shape index (κ1) is 30.5. The third-order valence-corrected chi connectivity index (χ3v) is 8.60. The molecular formula is C35H29Cl2NO7. The van der Waals surface area contributed by atoms with Gasteiger partial charge in [0.25, 0.3) is 0 Å². The van der Waals surface area contributed by atoms with Crippen molar-refractivity contribution in [1.29, 1.82) is 0 Å². The second-order valence-electron chi connectivity index (χ2n) is 11.4. The van der Waals surface area contributed by atoms with Crippen LogP contribution < -0.4 is 14.9 Å². The molecule has 1 aliphatic heterocycles. The van der Waals surface area contributed by atoms with E-state index in [1.807, 2.05) is 48.0 Å². The molecule has 1 aromatic heterocycles. The number of carbonyl (C=O) groups is 2. The molecule has 8 nitrogen and oxygen atoms in total. The number of aromatic nitrogens is 1. The fourth-order valence-electron chi connectivity index (χ4n) is 5.99. The van der Waals surface area contributed by atoms with Crippen LogP contribution in [0.15, 0.2) is 71.5 Å². The number of pyridine rings is 1. The van der Waals surface area contributed by atoms with E-state index in [-0.39, 0.29) is 10.8 Å². The van der Waals surface area contributed by atoms with E-state index in [1.54, 1.807) is 38.1 Å². The maximum atomic E-state index is 14.2. The zero-order chi connectivity index (χ0) is 32.2. The molecule has 230 valence electrons. The van der Waals surface area contributed by atoms with Crippen molar-refractivity contribution in [3.05, 3.63) is 98.1 Å². The number of carbonyl (C=O) groups excluding carboxylic acids is 2. The predicted molar refractivity (Wildman–Crippen MR) is 175 cm³/mol. The van der Waals surface area contributed by atoms with Gasteiger partial charge in [0, 0.05) is 41.5 Å².